The maximum absolute atomic E-state index is 11.4. The van der Waals surface area contributed by atoms with Crippen LogP contribution >= 0.6 is 0 Å². The van der Waals surface area contributed by atoms with E-state index in [9.17, 15) is 9.90 Å². The van der Waals surface area contributed by atoms with E-state index >= 15 is 0 Å². The number of nitrogens with zero attached hydrogens (tertiary/aromatic N) is 1. The van der Waals surface area contributed by atoms with Crippen LogP contribution in [-0.2, 0) is 11.3 Å². The first-order valence-corrected chi connectivity index (χ1v) is 11.9. The first-order chi connectivity index (χ1) is 16.0. The number of benzene rings is 2. The predicted molar refractivity (Wildman–Crippen MR) is 128 cm³/mol. The number of aromatic carboxylic acids is 1. The predicted octanol–water partition coefficient (Wildman–Crippen LogP) is 5.32. The number of piperidine rings is 1. The number of aromatic amines is 1. The lowest BCUT2D eigenvalue weighted by atomic mass is 9.91. The minimum absolute atomic E-state index is 0.158. The number of aryl methyl sites for hydroxylation is 1. The summed E-state index contributed by atoms with van der Waals surface area (Å²) in [6.07, 6.45) is 6.71. The van der Waals surface area contributed by atoms with Crippen molar-refractivity contribution >= 4 is 16.9 Å². The highest BCUT2D eigenvalue weighted by Crippen LogP contribution is 2.38. The number of H-pyrrole nitrogens is 1. The zero-order valence-electron chi connectivity index (χ0n) is 19.3. The lowest BCUT2D eigenvalue weighted by Crippen LogP contribution is -2.39. The van der Waals surface area contributed by atoms with Crippen molar-refractivity contribution in [3.8, 4) is 5.75 Å². The molecule has 0 unspecified atom stereocenters. The lowest BCUT2D eigenvalue weighted by molar-refractivity contribution is -0.0229. The van der Waals surface area contributed by atoms with Crippen molar-refractivity contribution in [2.24, 2.45) is 5.92 Å². The molecule has 2 heterocycles. The largest absolute Gasteiger partial charge is 0.496 e. The van der Waals surface area contributed by atoms with Gasteiger partial charge in [-0.2, -0.15) is 0 Å². The van der Waals surface area contributed by atoms with Gasteiger partial charge < -0.3 is 19.6 Å². The Balaban J connectivity index is 1.44. The molecule has 2 atom stereocenters. The standard InChI is InChI=1S/C27H32N2O4/c1-17-13-25(32-2)23(22-9-11-28-26(17)22)15-29-12-10-21(33-16-18-3-4-18)14-24(29)19-5-7-20(8-6-19)27(30)31/h5-9,11,13,18,21,24,28H,3-4,10,12,14-16H2,1-2H3,(H,30,31)/t21-,24-/m0/s1. The summed E-state index contributed by atoms with van der Waals surface area (Å²) in [6.45, 7) is 4.65. The zero-order valence-corrected chi connectivity index (χ0v) is 19.3. The molecule has 0 amide bonds. The summed E-state index contributed by atoms with van der Waals surface area (Å²) in [5.41, 5.74) is 4.95. The third-order valence-electron chi connectivity index (χ3n) is 7.16. The molecule has 1 aromatic heterocycles. The summed E-state index contributed by atoms with van der Waals surface area (Å²) >= 11 is 0. The van der Waals surface area contributed by atoms with Gasteiger partial charge in [-0.25, -0.2) is 4.79 Å². The lowest BCUT2D eigenvalue weighted by Gasteiger charge is -2.40. The molecule has 174 valence electrons. The van der Waals surface area contributed by atoms with Gasteiger partial charge in [0, 0.05) is 48.4 Å². The van der Waals surface area contributed by atoms with Crippen LogP contribution in [0.2, 0.25) is 0 Å². The topological polar surface area (TPSA) is 74.8 Å². The Morgan fingerprint density at radius 1 is 1.18 bits per heavy atom. The second kappa shape index (κ2) is 9.20. The van der Waals surface area contributed by atoms with Gasteiger partial charge in [-0.15, -0.1) is 0 Å². The van der Waals surface area contributed by atoms with E-state index in [-0.39, 0.29) is 12.1 Å². The van der Waals surface area contributed by atoms with Gasteiger partial charge in [0.2, 0.25) is 0 Å². The van der Waals surface area contributed by atoms with Gasteiger partial charge in [0.25, 0.3) is 0 Å². The van der Waals surface area contributed by atoms with Crippen molar-refractivity contribution in [3.63, 3.8) is 0 Å². The molecule has 2 fully saturated rings. The highest BCUT2D eigenvalue weighted by atomic mass is 16.5. The van der Waals surface area contributed by atoms with E-state index in [1.54, 1.807) is 19.2 Å². The Hall–Kier alpha value is -2.83. The van der Waals surface area contributed by atoms with Gasteiger partial charge >= 0.3 is 5.97 Å². The van der Waals surface area contributed by atoms with Crippen molar-refractivity contribution in [2.75, 3.05) is 20.3 Å². The monoisotopic (exact) mass is 448 g/mol. The molecule has 6 heteroatoms. The molecule has 33 heavy (non-hydrogen) atoms. The molecule has 2 aromatic carbocycles. The normalized spacial score (nSPS) is 21.4. The highest BCUT2D eigenvalue weighted by molar-refractivity contribution is 5.88. The Labute approximate surface area is 194 Å². The second-order valence-corrected chi connectivity index (χ2v) is 9.48. The molecule has 2 N–H and O–H groups in total. The average Bonchev–Trinajstić information content (AvgIpc) is 3.53. The van der Waals surface area contributed by atoms with Crippen LogP contribution < -0.4 is 4.74 Å². The summed E-state index contributed by atoms with van der Waals surface area (Å²) in [5.74, 6) is 0.758. The van der Waals surface area contributed by atoms with Gasteiger partial charge in [-0.05, 0) is 73.9 Å². The van der Waals surface area contributed by atoms with Crippen LogP contribution in [0.4, 0.5) is 0 Å². The molecule has 6 nitrogen and oxygen atoms in total. The highest BCUT2D eigenvalue weighted by Gasteiger charge is 2.32. The second-order valence-electron chi connectivity index (χ2n) is 9.48. The quantitative estimate of drug-likeness (QED) is 0.488. The van der Waals surface area contributed by atoms with E-state index in [2.05, 4.69) is 28.9 Å². The number of carbonyl (C=O) groups is 1. The molecule has 0 spiro atoms. The molecule has 1 saturated heterocycles. The van der Waals surface area contributed by atoms with Crippen LogP contribution in [0.3, 0.4) is 0 Å². The number of aromatic nitrogens is 1. The third-order valence-corrected chi connectivity index (χ3v) is 7.16. The van der Waals surface area contributed by atoms with Gasteiger partial charge in [-0.3, -0.25) is 4.90 Å². The van der Waals surface area contributed by atoms with Gasteiger partial charge in [0.1, 0.15) is 5.75 Å². The molecule has 1 aliphatic heterocycles. The number of methoxy groups -OCH3 is 1. The van der Waals surface area contributed by atoms with Crippen LogP contribution in [0.15, 0.2) is 42.6 Å². The summed E-state index contributed by atoms with van der Waals surface area (Å²) in [4.78, 5) is 17.2. The Morgan fingerprint density at radius 3 is 2.67 bits per heavy atom. The molecule has 3 aromatic rings. The molecule has 1 aliphatic carbocycles. The van der Waals surface area contributed by atoms with E-state index < -0.39 is 5.97 Å². The van der Waals surface area contributed by atoms with Crippen molar-refractivity contribution in [1.29, 1.82) is 0 Å². The van der Waals surface area contributed by atoms with Crippen LogP contribution in [0.25, 0.3) is 10.9 Å². The molecule has 1 saturated carbocycles. The van der Waals surface area contributed by atoms with Crippen LogP contribution in [-0.4, -0.2) is 47.3 Å². The molecule has 0 bridgehead atoms. The van der Waals surface area contributed by atoms with E-state index in [0.29, 0.717) is 5.56 Å². The summed E-state index contributed by atoms with van der Waals surface area (Å²) in [7, 11) is 1.73. The Bertz CT molecular complexity index is 1130. The van der Waals surface area contributed by atoms with E-state index in [1.807, 2.05) is 18.3 Å². The van der Waals surface area contributed by atoms with Crippen molar-refractivity contribution in [1.82, 2.24) is 9.88 Å². The van der Waals surface area contributed by atoms with Gasteiger partial charge in [0.05, 0.1) is 18.8 Å². The maximum Gasteiger partial charge on any atom is 0.335 e. The van der Waals surface area contributed by atoms with Gasteiger partial charge in [0.15, 0.2) is 0 Å². The number of fused-ring (bicyclic) bond motifs is 1. The molecular weight excluding hydrogens is 416 g/mol. The molecule has 0 radical (unpaired) electrons. The van der Waals surface area contributed by atoms with Gasteiger partial charge in [-0.1, -0.05) is 12.1 Å². The molecular formula is C27H32N2O4. The van der Waals surface area contributed by atoms with E-state index in [1.165, 1.54) is 29.4 Å². The summed E-state index contributed by atoms with van der Waals surface area (Å²) in [5, 5.41) is 10.5. The first-order valence-electron chi connectivity index (χ1n) is 11.9. The van der Waals surface area contributed by atoms with E-state index in [4.69, 9.17) is 9.47 Å². The van der Waals surface area contributed by atoms with Crippen LogP contribution in [0, 0.1) is 12.8 Å². The zero-order chi connectivity index (χ0) is 22.9. The number of carboxylic acids is 1. The molecule has 2 aliphatic rings. The maximum atomic E-state index is 11.4. The van der Waals surface area contributed by atoms with Crippen molar-refractivity contribution < 1.29 is 19.4 Å². The van der Waals surface area contributed by atoms with Crippen molar-refractivity contribution in [2.45, 2.75) is 51.3 Å². The fraction of sp³-hybridized carbons (Fsp3) is 0.444. The molecule has 5 rings (SSSR count). The number of likely N-dealkylation sites (tertiary alicyclic amines) is 1. The Morgan fingerprint density at radius 2 is 1.97 bits per heavy atom. The number of hydrogen-bond donors (Lipinski definition) is 2. The van der Waals surface area contributed by atoms with Crippen molar-refractivity contribution in [3.05, 3.63) is 64.8 Å². The SMILES string of the molecule is COc1cc(C)c2[nH]ccc2c1CN1CC[C@H](OCC2CC2)C[C@H]1c1ccc(C(=O)O)cc1. The number of hydrogen-bond acceptors (Lipinski definition) is 4. The fourth-order valence-electron chi connectivity index (χ4n) is 5.06. The van der Waals surface area contributed by atoms with E-state index in [0.717, 1.165) is 55.3 Å². The average molecular weight is 449 g/mol. The number of ether oxygens (including phenoxy) is 2. The minimum atomic E-state index is -0.896. The first kappa shape index (κ1) is 22.0. The summed E-state index contributed by atoms with van der Waals surface area (Å²) < 4.78 is 12.1. The number of rotatable bonds is 8. The Kier molecular flexibility index (Phi) is 6.13. The van der Waals surface area contributed by atoms with Crippen LogP contribution in [0.1, 0.15) is 58.8 Å². The number of carboxylic acid groups (broad SMARTS) is 1. The third kappa shape index (κ3) is 4.63. The fourth-order valence-corrected chi connectivity index (χ4v) is 5.06. The summed E-state index contributed by atoms with van der Waals surface area (Å²) in [6, 6.07) is 11.7. The smallest absolute Gasteiger partial charge is 0.335 e. The minimum Gasteiger partial charge on any atom is -0.496 e. The number of nitrogens with one attached hydrogen (secondary N) is 1. The van der Waals surface area contributed by atoms with Crippen LogP contribution in [0.5, 0.6) is 5.75 Å².